The predicted octanol–water partition coefficient (Wildman–Crippen LogP) is 2.97. The van der Waals surface area contributed by atoms with Crippen LogP contribution in [0.4, 0.5) is 0 Å². The molecule has 2 nitrogen and oxygen atoms in total. The monoisotopic (exact) mass is 247 g/mol. The molecule has 2 rings (SSSR count). The summed E-state index contributed by atoms with van der Waals surface area (Å²) in [5.74, 6) is 0. The second-order valence-electron chi connectivity index (χ2n) is 4.22. The summed E-state index contributed by atoms with van der Waals surface area (Å²) in [4.78, 5) is 4.57. The van der Waals surface area contributed by atoms with Gasteiger partial charge in [-0.3, -0.25) is 0 Å². The highest BCUT2D eigenvalue weighted by Crippen LogP contribution is 2.16. The van der Waals surface area contributed by atoms with Gasteiger partial charge in [-0.25, -0.2) is 4.98 Å². The molecule has 0 aliphatic carbocycles. The molecule has 1 N–H and O–H groups in total. The Morgan fingerprint density at radius 3 is 2.71 bits per heavy atom. The van der Waals surface area contributed by atoms with E-state index in [0.717, 1.165) is 30.0 Å². The van der Waals surface area contributed by atoms with E-state index >= 15 is 0 Å². The zero-order valence-electron chi connectivity index (χ0n) is 10.0. The Labute approximate surface area is 106 Å². The molecule has 1 aromatic carbocycles. The molecule has 0 bridgehead atoms. The molecule has 3 heteroatoms. The van der Waals surface area contributed by atoms with E-state index in [-0.39, 0.29) is 6.61 Å². The maximum absolute atomic E-state index is 8.77. The van der Waals surface area contributed by atoms with E-state index < -0.39 is 0 Å². The van der Waals surface area contributed by atoms with Gasteiger partial charge in [-0.05, 0) is 25.3 Å². The molecule has 1 aromatic heterocycles. The molecule has 0 fully saturated rings. The van der Waals surface area contributed by atoms with Gasteiger partial charge in [0.05, 0.1) is 10.7 Å². The molecule has 0 unspecified atom stereocenters. The highest BCUT2D eigenvalue weighted by atomic mass is 32.1. The molecule has 2 aromatic rings. The number of hydrogen-bond donors (Lipinski definition) is 1. The van der Waals surface area contributed by atoms with Crippen molar-refractivity contribution in [1.82, 2.24) is 4.98 Å². The summed E-state index contributed by atoms with van der Waals surface area (Å²) >= 11 is 1.71. The van der Waals surface area contributed by atoms with Crippen LogP contribution in [0.15, 0.2) is 29.6 Å². The first kappa shape index (κ1) is 12.3. The summed E-state index contributed by atoms with van der Waals surface area (Å²) in [6, 6.07) is 8.58. The first-order chi connectivity index (χ1) is 8.28. The first-order valence-corrected chi connectivity index (χ1v) is 6.75. The number of aryl methyl sites for hydroxylation is 2. The van der Waals surface area contributed by atoms with Gasteiger partial charge in [-0.15, -0.1) is 11.3 Å². The molecule has 0 spiro atoms. The molecule has 1 heterocycles. The number of hydrogen-bond acceptors (Lipinski definition) is 3. The third-order valence-electron chi connectivity index (χ3n) is 2.67. The number of nitrogens with zero attached hydrogens (tertiary/aromatic N) is 1. The van der Waals surface area contributed by atoms with Crippen molar-refractivity contribution < 1.29 is 5.11 Å². The van der Waals surface area contributed by atoms with Crippen LogP contribution >= 0.6 is 11.3 Å². The Bertz CT molecular complexity index is 461. The van der Waals surface area contributed by atoms with Crippen molar-refractivity contribution in [2.75, 3.05) is 6.61 Å². The standard InChI is InChI=1S/C14H17NOS/c1-11-4-6-12(7-5-11)9-14-15-13(10-17-14)3-2-8-16/h4-7,10,16H,2-3,8-9H2,1H3. The topological polar surface area (TPSA) is 33.1 Å². The molecule has 0 aliphatic rings. The van der Waals surface area contributed by atoms with Crippen molar-refractivity contribution in [3.8, 4) is 0 Å². The Hall–Kier alpha value is -1.19. The third-order valence-corrected chi connectivity index (χ3v) is 3.56. The van der Waals surface area contributed by atoms with Crippen molar-refractivity contribution >= 4 is 11.3 Å². The maximum Gasteiger partial charge on any atom is 0.0972 e. The van der Waals surface area contributed by atoms with Crippen LogP contribution in [0.3, 0.4) is 0 Å². The van der Waals surface area contributed by atoms with Gasteiger partial charge in [0.25, 0.3) is 0 Å². The minimum absolute atomic E-state index is 0.241. The fraction of sp³-hybridized carbons (Fsp3) is 0.357. The summed E-state index contributed by atoms with van der Waals surface area (Å²) in [6.45, 7) is 2.34. The second kappa shape index (κ2) is 5.94. The molecular formula is C14H17NOS. The Morgan fingerprint density at radius 2 is 2.00 bits per heavy atom. The van der Waals surface area contributed by atoms with Crippen molar-refractivity contribution in [1.29, 1.82) is 0 Å². The van der Waals surface area contributed by atoms with Gasteiger partial charge in [-0.2, -0.15) is 0 Å². The number of thiazole rings is 1. The fourth-order valence-electron chi connectivity index (χ4n) is 1.69. The molecule has 0 saturated carbocycles. The fourth-order valence-corrected chi connectivity index (χ4v) is 2.55. The van der Waals surface area contributed by atoms with E-state index in [1.54, 1.807) is 11.3 Å². The van der Waals surface area contributed by atoms with Gasteiger partial charge in [0.2, 0.25) is 0 Å². The van der Waals surface area contributed by atoms with E-state index in [4.69, 9.17) is 5.11 Å². The lowest BCUT2D eigenvalue weighted by Crippen LogP contribution is -1.91. The van der Waals surface area contributed by atoms with Crippen LogP contribution in [0.2, 0.25) is 0 Å². The average molecular weight is 247 g/mol. The van der Waals surface area contributed by atoms with Crippen LogP contribution < -0.4 is 0 Å². The molecule has 17 heavy (non-hydrogen) atoms. The zero-order valence-corrected chi connectivity index (χ0v) is 10.8. The van der Waals surface area contributed by atoms with Crippen LogP contribution in [0, 0.1) is 6.92 Å². The summed E-state index contributed by atoms with van der Waals surface area (Å²) < 4.78 is 0. The van der Waals surface area contributed by atoms with Crippen LogP contribution in [-0.4, -0.2) is 16.7 Å². The smallest absolute Gasteiger partial charge is 0.0972 e. The highest BCUT2D eigenvalue weighted by Gasteiger charge is 2.03. The van der Waals surface area contributed by atoms with E-state index in [9.17, 15) is 0 Å². The minimum Gasteiger partial charge on any atom is -0.396 e. The molecule has 0 saturated heterocycles. The van der Waals surface area contributed by atoms with Gasteiger partial charge < -0.3 is 5.11 Å². The predicted molar refractivity (Wildman–Crippen MR) is 71.5 cm³/mol. The second-order valence-corrected chi connectivity index (χ2v) is 5.16. The summed E-state index contributed by atoms with van der Waals surface area (Å²) in [5.41, 5.74) is 3.70. The van der Waals surface area contributed by atoms with E-state index in [1.807, 2.05) is 0 Å². The molecule has 0 atom stereocenters. The Kier molecular flexibility index (Phi) is 4.29. The molecule has 0 amide bonds. The number of aliphatic hydroxyl groups is 1. The van der Waals surface area contributed by atoms with Crippen molar-refractivity contribution in [3.05, 3.63) is 51.5 Å². The highest BCUT2D eigenvalue weighted by molar-refractivity contribution is 7.09. The molecule has 0 aliphatic heterocycles. The van der Waals surface area contributed by atoms with Crippen LogP contribution in [0.5, 0.6) is 0 Å². The van der Waals surface area contributed by atoms with Crippen LogP contribution in [0.1, 0.15) is 28.2 Å². The van der Waals surface area contributed by atoms with Gasteiger partial charge >= 0.3 is 0 Å². The Balaban J connectivity index is 1.98. The van der Waals surface area contributed by atoms with Gasteiger partial charge in [0.1, 0.15) is 0 Å². The lowest BCUT2D eigenvalue weighted by Gasteiger charge is -1.98. The molecule has 0 radical (unpaired) electrons. The quantitative estimate of drug-likeness (QED) is 0.881. The van der Waals surface area contributed by atoms with Gasteiger partial charge in [-0.1, -0.05) is 29.8 Å². The lowest BCUT2D eigenvalue weighted by atomic mass is 10.1. The van der Waals surface area contributed by atoms with Gasteiger partial charge in [0, 0.05) is 18.4 Å². The van der Waals surface area contributed by atoms with E-state index in [1.165, 1.54) is 11.1 Å². The summed E-state index contributed by atoms with van der Waals surface area (Å²) in [7, 11) is 0. The number of aromatic nitrogens is 1. The van der Waals surface area contributed by atoms with Crippen molar-refractivity contribution in [2.45, 2.75) is 26.2 Å². The molecular weight excluding hydrogens is 230 g/mol. The summed E-state index contributed by atoms with van der Waals surface area (Å²) in [5, 5.41) is 12.0. The SMILES string of the molecule is Cc1ccc(Cc2nc(CCCO)cs2)cc1. The first-order valence-electron chi connectivity index (χ1n) is 5.87. The zero-order chi connectivity index (χ0) is 12.1. The number of benzene rings is 1. The van der Waals surface area contributed by atoms with Crippen molar-refractivity contribution in [2.24, 2.45) is 0 Å². The van der Waals surface area contributed by atoms with E-state index in [0.29, 0.717) is 0 Å². The van der Waals surface area contributed by atoms with E-state index in [2.05, 4.69) is 41.6 Å². The van der Waals surface area contributed by atoms with Crippen LogP contribution in [0.25, 0.3) is 0 Å². The minimum atomic E-state index is 0.241. The lowest BCUT2D eigenvalue weighted by molar-refractivity contribution is 0.288. The Morgan fingerprint density at radius 1 is 1.24 bits per heavy atom. The van der Waals surface area contributed by atoms with Crippen molar-refractivity contribution in [3.63, 3.8) is 0 Å². The third kappa shape index (κ3) is 3.65. The maximum atomic E-state index is 8.77. The molecule has 90 valence electrons. The normalized spacial score (nSPS) is 10.7. The number of rotatable bonds is 5. The summed E-state index contributed by atoms with van der Waals surface area (Å²) in [6.07, 6.45) is 2.58. The number of aliphatic hydroxyl groups excluding tert-OH is 1. The van der Waals surface area contributed by atoms with Gasteiger partial charge in [0.15, 0.2) is 0 Å². The average Bonchev–Trinajstić information content (AvgIpc) is 2.77. The van der Waals surface area contributed by atoms with Crippen LogP contribution in [-0.2, 0) is 12.8 Å². The largest absolute Gasteiger partial charge is 0.396 e.